The zero-order chi connectivity index (χ0) is 18.7. The van der Waals surface area contributed by atoms with Crippen molar-refractivity contribution in [1.29, 1.82) is 0 Å². The summed E-state index contributed by atoms with van der Waals surface area (Å²) in [5.74, 6) is 0.129. The van der Waals surface area contributed by atoms with Gasteiger partial charge in [0.2, 0.25) is 5.95 Å². The van der Waals surface area contributed by atoms with Crippen LogP contribution in [0.2, 0.25) is 5.02 Å². The van der Waals surface area contributed by atoms with Gasteiger partial charge in [-0.3, -0.25) is 0 Å². The largest absolute Gasteiger partial charge is 0.420 e. The summed E-state index contributed by atoms with van der Waals surface area (Å²) in [6.07, 6.45) is -3.74. The maximum absolute atomic E-state index is 13.3. The van der Waals surface area contributed by atoms with Crippen LogP contribution < -0.4 is 4.90 Å². The van der Waals surface area contributed by atoms with Crippen molar-refractivity contribution in [2.45, 2.75) is 16.1 Å². The van der Waals surface area contributed by atoms with Gasteiger partial charge in [-0.1, -0.05) is 53.7 Å². The van der Waals surface area contributed by atoms with Gasteiger partial charge in [0, 0.05) is 18.1 Å². The third-order valence-corrected chi connectivity index (χ3v) is 4.85. The molecule has 0 bridgehead atoms. The first kappa shape index (κ1) is 18.5. The Hall–Kier alpha value is -2.25. The van der Waals surface area contributed by atoms with E-state index < -0.39 is 11.7 Å². The van der Waals surface area contributed by atoms with Crippen LogP contribution in [0.25, 0.3) is 0 Å². The Labute approximate surface area is 157 Å². The maximum Gasteiger partial charge on any atom is 0.420 e. The molecule has 26 heavy (non-hydrogen) atoms. The highest BCUT2D eigenvalue weighted by Gasteiger charge is 2.35. The first-order valence-corrected chi connectivity index (χ1v) is 8.71. The Balaban J connectivity index is 2.03. The number of hydrogen-bond acceptors (Lipinski definition) is 4. The fourth-order valence-electron chi connectivity index (χ4n) is 2.22. The standard InChI is InChI=1S/C18H13ClF3N3S/c1-25(15-10-6-5-9-14(15)19)17-23-11-13(18(20,21)22)16(24-17)26-12-7-3-2-4-8-12/h2-11H,1H3. The molecule has 0 radical (unpaired) electrons. The van der Waals surface area contributed by atoms with Crippen LogP contribution in [-0.2, 0) is 6.18 Å². The lowest BCUT2D eigenvalue weighted by Crippen LogP contribution is -2.16. The van der Waals surface area contributed by atoms with E-state index >= 15 is 0 Å². The Kier molecular flexibility index (Phi) is 5.38. The Bertz CT molecular complexity index is 904. The Morgan fingerprint density at radius 1 is 1.00 bits per heavy atom. The van der Waals surface area contributed by atoms with Crippen LogP contribution in [-0.4, -0.2) is 17.0 Å². The van der Waals surface area contributed by atoms with E-state index in [1.54, 1.807) is 66.5 Å². The monoisotopic (exact) mass is 395 g/mol. The number of para-hydroxylation sites is 1. The second kappa shape index (κ2) is 7.55. The minimum atomic E-state index is -4.54. The zero-order valence-corrected chi connectivity index (χ0v) is 15.1. The molecule has 1 aromatic heterocycles. The van der Waals surface area contributed by atoms with Crippen LogP contribution in [0.3, 0.4) is 0 Å². The molecule has 0 spiro atoms. The van der Waals surface area contributed by atoms with Gasteiger partial charge in [-0.2, -0.15) is 13.2 Å². The van der Waals surface area contributed by atoms with Crippen molar-refractivity contribution in [2.75, 3.05) is 11.9 Å². The summed E-state index contributed by atoms with van der Waals surface area (Å²) in [5.41, 5.74) is -0.271. The van der Waals surface area contributed by atoms with Crippen molar-refractivity contribution in [2.24, 2.45) is 0 Å². The molecule has 0 fully saturated rings. The summed E-state index contributed by atoms with van der Waals surface area (Å²) >= 11 is 7.10. The van der Waals surface area contributed by atoms with Gasteiger partial charge in [0.05, 0.1) is 10.7 Å². The molecule has 0 aliphatic carbocycles. The quantitative estimate of drug-likeness (QED) is 0.501. The molecule has 3 rings (SSSR count). The average Bonchev–Trinajstić information content (AvgIpc) is 2.61. The lowest BCUT2D eigenvalue weighted by Gasteiger charge is -2.20. The second-order valence-corrected chi connectivity index (χ2v) is 6.78. The summed E-state index contributed by atoms with van der Waals surface area (Å²) in [6.45, 7) is 0. The highest BCUT2D eigenvalue weighted by molar-refractivity contribution is 7.99. The smallest absolute Gasteiger partial charge is 0.312 e. The second-order valence-electron chi connectivity index (χ2n) is 5.31. The van der Waals surface area contributed by atoms with Crippen molar-refractivity contribution in [3.63, 3.8) is 0 Å². The van der Waals surface area contributed by atoms with E-state index in [4.69, 9.17) is 11.6 Å². The lowest BCUT2D eigenvalue weighted by atomic mass is 10.3. The van der Waals surface area contributed by atoms with Crippen LogP contribution in [0.5, 0.6) is 0 Å². The van der Waals surface area contributed by atoms with E-state index in [1.165, 1.54) is 0 Å². The van der Waals surface area contributed by atoms with Crippen molar-refractivity contribution >= 4 is 35.0 Å². The van der Waals surface area contributed by atoms with Gasteiger partial charge in [0.1, 0.15) is 10.6 Å². The number of benzene rings is 2. The predicted octanol–water partition coefficient (Wildman–Crippen LogP) is 6.07. The molecule has 8 heteroatoms. The normalized spacial score (nSPS) is 11.4. The average molecular weight is 396 g/mol. The molecule has 0 amide bonds. The molecule has 0 aliphatic rings. The fourth-order valence-corrected chi connectivity index (χ4v) is 3.41. The van der Waals surface area contributed by atoms with Gasteiger partial charge in [0.15, 0.2) is 0 Å². The molecule has 0 saturated heterocycles. The summed E-state index contributed by atoms with van der Waals surface area (Å²) in [4.78, 5) is 10.2. The van der Waals surface area contributed by atoms with E-state index in [1.807, 2.05) is 0 Å². The van der Waals surface area contributed by atoms with Crippen LogP contribution in [0.4, 0.5) is 24.8 Å². The lowest BCUT2D eigenvalue weighted by molar-refractivity contribution is -0.140. The summed E-state index contributed by atoms with van der Waals surface area (Å²) in [7, 11) is 1.65. The van der Waals surface area contributed by atoms with Gasteiger partial charge in [-0.05, 0) is 24.3 Å². The number of anilines is 2. The Morgan fingerprint density at radius 2 is 1.65 bits per heavy atom. The molecule has 1 heterocycles. The van der Waals surface area contributed by atoms with Crippen LogP contribution >= 0.6 is 23.4 Å². The zero-order valence-electron chi connectivity index (χ0n) is 13.5. The molecule has 0 atom stereocenters. The molecular formula is C18H13ClF3N3S. The SMILES string of the molecule is CN(c1ncc(C(F)(F)F)c(Sc2ccccc2)n1)c1ccccc1Cl. The third-order valence-electron chi connectivity index (χ3n) is 3.52. The van der Waals surface area contributed by atoms with Gasteiger partial charge < -0.3 is 4.90 Å². The summed E-state index contributed by atoms with van der Waals surface area (Å²) < 4.78 is 40.0. The minimum Gasteiger partial charge on any atom is -0.312 e. The predicted molar refractivity (Wildman–Crippen MR) is 97.1 cm³/mol. The number of aromatic nitrogens is 2. The van der Waals surface area contributed by atoms with E-state index in [9.17, 15) is 13.2 Å². The molecule has 2 aromatic carbocycles. The van der Waals surface area contributed by atoms with Crippen LogP contribution in [0.1, 0.15) is 5.56 Å². The number of nitrogens with zero attached hydrogens (tertiary/aromatic N) is 3. The summed E-state index contributed by atoms with van der Waals surface area (Å²) in [6, 6.07) is 15.7. The molecule has 0 unspecified atom stereocenters. The molecule has 3 nitrogen and oxygen atoms in total. The van der Waals surface area contributed by atoms with E-state index in [-0.39, 0.29) is 11.0 Å². The first-order valence-electron chi connectivity index (χ1n) is 7.51. The molecule has 0 saturated carbocycles. The van der Waals surface area contributed by atoms with Crippen molar-refractivity contribution < 1.29 is 13.2 Å². The van der Waals surface area contributed by atoms with Crippen molar-refractivity contribution in [3.05, 3.63) is 71.4 Å². The van der Waals surface area contributed by atoms with E-state index in [0.717, 1.165) is 18.0 Å². The number of halogens is 4. The summed E-state index contributed by atoms with van der Waals surface area (Å²) in [5, 5.41) is 0.295. The first-order chi connectivity index (χ1) is 12.4. The Morgan fingerprint density at radius 3 is 2.31 bits per heavy atom. The molecule has 0 aliphatic heterocycles. The molecule has 0 N–H and O–H groups in total. The number of hydrogen-bond donors (Lipinski definition) is 0. The van der Waals surface area contributed by atoms with Crippen LogP contribution in [0.15, 0.2) is 70.7 Å². The van der Waals surface area contributed by atoms with Crippen molar-refractivity contribution in [1.82, 2.24) is 9.97 Å². The van der Waals surface area contributed by atoms with Crippen molar-refractivity contribution in [3.8, 4) is 0 Å². The van der Waals surface area contributed by atoms with E-state index in [0.29, 0.717) is 15.6 Å². The number of rotatable bonds is 4. The van der Waals surface area contributed by atoms with E-state index in [2.05, 4.69) is 9.97 Å². The van der Waals surface area contributed by atoms with Crippen LogP contribution in [0, 0.1) is 0 Å². The van der Waals surface area contributed by atoms with Gasteiger partial charge in [0.25, 0.3) is 0 Å². The van der Waals surface area contributed by atoms with Gasteiger partial charge in [-0.15, -0.1) is 0 Å². The highest BCUT2D eigenvalue weighted by Crippen LogP contribution is 2.39. The minimum absolute atomic E-state index is 0.129. The van der Waals surface area contributed by atoms with Gasteiger partial charge >= 0.3 is 6.18 Å². The highest BCUT2D eigenvalue weighted by atomic mass is 35.5. The number of alkyl halides is 3. The fraction of sp³-hybridized carbons (Fsp3) is 0.111. The topological polar surface area (TPSA) is 29.0 Å². The molecular weight excluding hydrogens is 383 g/mol. The molecule has 134 valence electrons. The maximum atomic E-state index is 13.3. The van der Waals surface area contributed by atoms with Gasteiger partial charge in [-0.25, -0.2) is 9.97 Å². The molecule has 3 aromatic rings. The third kappa shape index (κ3) is 4.11.